The summed E-state index contributed by atoms with van der Waals surface area (Å²) in [7, 11) is 0. The van der Waals surface area contributed by atoms with E-state index in [4.69, 9.17) is 4.42 Å². The van der Waals surface area contributed by atoms with Gasteiger partial charge in [0.1, 0.15) is 5.75 Å². The first kappa shape index (κ1) is 9.03. The predicted molar refractivity (Wildman–Crippen MR) is 60.2 cm³/mol. The van der Waals surface area contributed by atoms with E-state index in [9.17, 15) is 5.11 Å². The van der Waals surface area contributed by atoms with Gasteiger partial charge in [0.2, 0.25) is 0 Å². The third kappa shape index (κ3) is 1.27. The number of fused-ring (bicyclic) bond motifs is 1. The van der Waals surface area contributed by atoms with Crippen LogP contribution in [0.4, 0.5) is 0 Å². The Bertz CT molecular complexity index is 652. The standard InChI is InChI=1S/C12H10N2O2/c1-7-4-5-16-11(7)12-13-9-3-2-8(15)6-10(9)14-12/h2-6,15H,1H3,(H,13,14). The van der Waals surface area contributed by atoms with Crippen molar-refractivity contribution in [1.82, 2.24) is 9.97 Å². The molecule has 0 saturated carbocycles. The third-order valence-electron chi connectivity index (χ3n) is 2.54. The number of phenols is 1. The number of rotatable bonds is 1. The van der Waals surface area contributed by atoms with Gasteiger partial charge in [-0.05, 0) is 30.7 Å². The van der Waals surface area contributed by atoms with E-state index in [-0.39, 0.29) is 5.75 Å². The quantitative estimate of drug-likeness (QED) is 0.654. The maximum atomic E-state index is 9.35. The number of H-pyrrole nitrogens is 1. The number of aromatic nitrogens is 2. The zero-order valence-electron chi connectivity index (χ0n) is 8.69. The summed E-state index contributed by atoms with van der Waals surface area (Å²) in [5.41, 5.74) is 2.64. The number of nitrogens with zero attached hydrogens (tertiary/aromatic N) is 1. The molecule has 3 rings (SSSR count). The number of furan rings is 1. The van der Waals surface area contributed by atoms with Crippen LogP contribution < -0.4 is 0 Å². The summed E-state index contributed by atoms with van der Waals surface area (Å²) in [6.45, 7) is 1.96. The summed E-state index contributed by atoms with van der Waals surface area (Å²) in [5.74, 6) is 1.64. The molecule has 2 aromatic heterocycles. The second kappa shape index (κ2) is 3.13. The Morgan fingerprint density at radius 2 is 2.19 bits per heavy atom. The molecule has 80 valence electrons. The minimum atomic E-state index is 0.221. The molecule has 0 atom stereocenters. The summed E-state index contributed by atoms with van der Waals surface area (Å²) >= 11 is 0. The summed E-state index contributed by atoms with van der Waals surface area (Å²) in [6.07, 6.45) is 1.63. The van der Waals surface area contributed by atoms with Crippen molar-refractivity contribution in [3.63, 3.8) is 0 Å². The molecular formula is C12H10N2O2. The maximum Gasteiger partial charge on any atom is 0.174 e. The molecule has 0 unspecified atom stereocenters. The molecule has 0 radical (unpaired) electrons. The topological polar surface area (TPSA) is 62.1 Å². The van der Waals surface area contributed by atoms with E-state index in [0.29, 0.717) is 5.82 Å². The van der Waals surface area contributed by atoms with Crippen LogP contribution in [0.2, 0.25) is 0 Å². The van der Waals surface area contributed by atoms with E-state index in [1.54, 1.807) is 24.5 Å². The minimum absolute atomic E-state index is 0.221. The lowest BCUT2D eigenvalue weighted by atomic mass is 10.3. The smallest absolute Gasteiger partial charge is 0.174 e. The van der Waals surface area contributed by atoms with Crippen LogP contribution in [-0.4, -0.2) is 15.1 Å². The van der Waals surface area contributed by atoms with E-state index < -0.39 is 0 Å². The number of aromatic hydroxyl groups is 1. The minimum Gasteiger partial charge on any atom is -0.508 e. The molecule has 2 N–H and O–H groups in total. The Morgan fingerprint density at radius 3 is 2.94 bits per heavy atom. The van der Waals surface area contributed by atoms with Crippen molar-refractivity contribution in [2.45, 2.75) is 6.92 Å². The van der Waals surface area contributed by atoms with Gasteiger partial charge in [-0.3, -0.25) is 0 Å². The molecule has 0 spiro atoms. The van der Waals surface area contributed by atoms with Crippen molar-refractivity contribution in [3.05, 3.63) is 36.1 Å². The van der Waals surface area contributed by atoms with Crippen LogP contribution >= 0.6 is 0 Å². The number of hydrogen-bond donors (Lipinski definition) is 2. The summed E-state index contributed by atoms with van der Waals surface area (Å²) in [5, 5.41) is 9.35. The van der Waals surface area contributed by atoms with Crippen LogP contribution in [0.25, 0.3) is 22.6 Å². The molecule has 1 aromatic carbocycles. The Balaban J connectivity index is 2.23. The van der Waals surface area contributed by atoms with Crippen LogP contribution in [0.5, 0.6) is 5.75 Å². The van der Waals surface area contributed by atoms with Crippen LogP contribution in [0.3, 0.4) is 0 Å². The number of aromatic amines is 1. The second-order valence-electron chi connectivity index (χ2n) is 3.72. The number of imidazole rings is 1. The molecule has 0 aliphatic carbocycles. The molecule has 2 heterocycles. The van der Waals surface area contributed by atoms with Gasteiger partial charge < -0.3 is 14.5 Å². The van der Waals surface area contributed by atoms with Crippen molar-refractivity contribution in [1.29, 1.82) is 0 Å². The van der Waals surface area contributed by atoms with Gasteiger partial charge >= 0.3 is 0 Å². The monoisotopic (exact) mass is 214 g/mol. The van der Waals surface area contributed by atoms with E-state index in [2.05, 4.69) is 9.97 Å². The Kier molecular flexibility index (Phi) is 1.77. The van der Waals surface area contributed by atoms with Crippen LogP contribution in [0, 0.1) is 6.92 Å². The first-order chi connectivity index (χ1) is 7.74. The number of hydrogen-bond acceptors (Lipinski definition) is 3. The van der Waals surface area contributed by atoms with Crippen LogP contribution in [0.15, 0.2) is 34.9 Å². The fraction of sp³-hybridized carbons (Fsp3) is 0.0833. The van der Waals surface area contributed by atoms with Crippen LogP contribution in [0.1, 0.15) is 5.56 Å². The van der Waals surface area contributed by atoms with Crippen molar-refractivity contribution < 1.29 is 9.52 Å². The van der Waals surface area contributed by atoms with E-state index in [0.717, 1.165) is 22.4 Å². The molecule has 0 saturated heterocycles. The average Bonchev–Trinajstić information content (AvgIpc) is 2.82. The van der Waals surface area contributed by atoms with Gasteiger partial charge in [-0.15, -0.1) is 0 Å². The third-order valence-corrected chi connectivity index (χ3v) is 2.54. The fourth-order valence-electron chi connectivity index (χ4n) is 1.72. The van der Waals surface area contributed by atoms with Crippen molar-refractivity contribution in [3.8, 4) is 17.3 Å². The van der Waals surface area contributed by atoms with E-state index in [1.807, 2.05) is 13.0 Å². The molecule has 4 heteroatoms. The summed E-state index contributed by atoms with van der Waals surface area (Å²) < 4.78 is 5.35. The van der Waals surface area contributed by atoms with E-state index in [1.165, 1.54) is 0 Å². The van der Waals surface area contributed by atoms with Gasteiger partial charge in [0.05, 0.1) is 17.3 Å². The molecule has 3 aromatic rings. The molecule has 0 aliphatic heterocycles. The molecule has 16 heavy (non-hydrogen) atoms. The average molecular weight is 214 g/mol. The van der Waals surface area contributed by atoms with Gasteiger partial charge in [0, 0.05) is 6.07 Å². The van der Waals surface area contributed by atoms with Gasteiger partial charge in [0.15, 0.2) is 11.6 Å². The lowest BCUT2D eigenvalue weighted by molar-refractivity contribution is 0.476. The Hall–Kier alpha value is -2.23. The predicted octanol–water partition coefficient (Wildman–Crippen LogP) is 2.84. The molecule has 0 fully saturated rings. The highest BCUT2D eigenvalue weighted by Crippen LogP contribution is 2.25. The van der Waals surface area contributed by atoms with Gasteiger partial charge in [-0.25, -0.2) is 4.98 Å². The molecule has 0 bridgehead atoms. The van der Waals surface area contributed by atoms with Crippen molar-refractivity contribution >= 4 is 11.0 Å². The highest BCUT2D eigenvalue weighted by Gasteiger charge is 2.10. The largest absolute Gasteiger partial charge is 0.508 e. The molecular weight excluding hydrogens is 204 g/mol. The zero-order chi connectivity index (χ0) is 11.1. The Morgan fingerprint density at radius 1 is 1.31 bits per heavy atom. The number of benzene rings is 1. The second-order valence-corrected chi connectivity index (χ2v) is 3.72. The lowest BCUT2D eigenvalue weighted by Crippen LogP contribution is -1.78. The van der Waals surface area contributed by atoms with Crippen molar-refractivity contribution in [2.24, 2.45) is 0 Å². The Labute approximate surface area is 91.6 Å². The van der Waals surface area contributed by atoms with Crippen molar-refractivity contribution in [2.75, 3.05) is 0 Å². The molecule has 0 aliphatic rings. The fourth-order valence-corrected chi connectivity index (χ4v) is 1.72. The molecule has 0 amide bonds. The zero-order valence-corrected chi connectivity index (χ0v) is 8.69. The summed E-state index contributed by atoms with van der Waals surface area (Å²) in [6, 6.07) is 6.91. The first-order valence-corrected chi connectivity index (χ1v) is 4.97. The SMILES string of the molecule is Cc1ccoc1-c1nc2ccc(O)cc2[nH]1. The lowest BCUT2D eigenvalue weighted by Gasteiger charge is -1.91. The highest BCUT2D eigenvalue weighted by atomic mass is 16.3. The number of aryl methyl sites for hydroxylation is 1. The van der Waals surface area contributed by atoms with Gasteiger partial charge in [0.25, 0.3) is 0 Å². The first-order valence-electron chi connectivity index (χ1n) is 4.97. The van der Waals surface area contributed by atoms with E-state index >= 15 is 0 Å². The summed E-state index contributed by atoms with van der Waals surface area (Å²) in [4.78, 5) is 7.51. The number of phenolic OH excluding ortho intramolecular Hbond substituents is 1. The maximum absolute atomic E-state index is 9.35. The van der Waals surface area contributed by atoms with Crippen LogP contribution in [-0.2, 0) is 0 Å². The van der Waals surface area contributed by atoms with Gasteiger partial charge in [-0.1, -0.05) is 0 Å². The molecule has 4 nitrogen and oxygen atoms in total. The van der Waals surface area contributed by atoms with Gasteiger partial charge in [-0.2, -0.15) is 0 Å². The highest BCUT2D eigenvalue weighted by molar-refractivity contribution is 5.80. The normalized spacial score (nSPS) is 11.1. The number of nitrogens with one attached hydrogen (secondary N) is 1.